The van der Waals surface area contributed by atoms with Crippen LogP contribution in [0.5, 0.6) is 5.75 Å². The summed E-state index contributed by atoms with van der Waals surface area (Å²) >= 11 is 0. The first kappa shape index (κ1) is 14.8. The quantitative estimate of drug-likeness (QED) is 0.585. The smallest absolute Gasteiger partial charge is 0.292 e. The monoisotopic (exact) mass is 309 g/mol. The molecule has 0 atom stereocenters. The topological polar surface area (TPSA) is 77.3 Å². The zero-order chi connectivity index (χ0) is 16.4. The molecule has 3 rings (SSSR count). The molecular formula is C17H15N3O3. The molecule has 0 amide bonds. The Balaban J connectivity index is 2.09. The number of rotatable bonds is 4. The van der Waals surface area contributed by atoms with Gasteiger partial charge in [-0.05, 0) is 30.3 Å². The Kier molecular flexibility index (Phi) is 3.80. The van der Waals surface area contributed by atoms with Crippen molar-refractivity contribution in [2.75, 3.05) is 19.5 Å². The average molecular weight is 309 g/mol. The summed E-state index contributed by atoms with van der Waals surface area (Å²) in [5.74, 6) is 0.765. The predicted octanol–water partition coefficient (Wildman–Crippen LogP) is 3.86. The molecule has 6 heteroatoms. The molecule has 3 aromatic rings. The molecule has 1 N–H and O–H groups in total. The number of nitro benzene ring substituents is 1. The standard InChI is InChI=1S/C17H15N3O3/c1-18-16-7-4-12(10-17(16)20(21)22)14-6-3-11-9-13(23-2)5-8-15(11)19-14/h3-10,18H,1-2H3. The van der Waals surface area contributed by atoms with Gasteiger partial charge in [0.2, 0.25) is 0 Å². The van der Waals surface area contributed by atoms with Crippen LogP contribution in [-0.4, -0.2) is 24.1 Å². The van der Waals surface area contributed by atoms with E-state index in [2.05, 4.69) is 10.3 Å². The van der Waals surface area contributed by atoms with E-state index in [0.717, 1.165) is 16.7 Å². The number of benzene rings is 2. The van der Waals surface area contributed by atoms with Crippen molar-refractivity contribution in [1.82, 2.24) is 4.98 Å². The summed E-state index contributed by atoms with van der Waals surface area (Å²) in [6.07, 6.45) is 0. The van der Waals surface area contributed by atoms with Gasteiger partial charge in [0, 0.05) is 24.1 Å². The van der Waals surface area contributed by atoms with E-state index < -0.39 is 4.92 Å². The minimum atomic E-state index is -0.402. The number of pyridine rings is 1. The third kappa shape index (κ3) is 2.78. The minimum Gasteiger partial charge on any atom is -0.497 e. The fourth-order valence-corrected chi connectivity index (χ4v) is 2.44. The second-order valence-electron chi connectivity index (χ2n) is 4.99. The fourth-order valence-electron chi connectivity index (χ4n) is 2.44. The van der Waals surface area contributed by atoms with E-state index in [-0.39, 0.29) is 5.69 Å². The van der Waals surface area contributed by atoms with Crippen LogP contribution in [-0.2, 0) is 0 Å². The van der Waals surface area contributed by atoms with Crippen LogP contribution in [0.1, 0.15) is 0 Å². The van der Waals surface area contributed by atoms with Gasteiger partial charge in [-0.2, -0.15) is 0 Å². The van der Waals surface area contributed by atoms with E-state index in [4.69, 9.17) is 4.74 Å². The van der Waals surface area contributed by atoms with Crippen molar-refractivity contribution in [3.8, 4) is 17.0 Å². The molecule has 1 aromatic heterocycles. The van der Waals surface area contributed by atoms with Crippen LogP contribution in [0, 0.1) is 10.1 Å². The number of aromatic nitrogens is 1. The third-order valence-corrected chi connectivity index (χ3v) is 3.66. The molecule has 0 radical (unpaired) electrons. The van der Waals surface area contributed by atoms with E-state index in [0.29, 0.717) is 16.9 Å². The van der Waals surface area contributed by atoms with Gasteiger partial charge in [0.25, 0.3) is 5.69 Å². The number of ether oxygens (including phenoxy) is 1. The highest BCUT2D eigenvalue weighted by molar-refractivity contribution is 5.83. The molecule has 0 aliphatic carbocycles. The maximum Gasteiger partial charge on any atom is 0.292 e. The Labute approximate surface area is 132 Å². The summed E-state index contributed by atoms with van der Waals surface area (Å²) in [4.78, 5) is 15.4. The molecule has 2 aromatic carbocycles. The van der Waals surface area contributed by atoms with Crippen LogP contribution in [0.15, 0.2) is 48.5 Å². The summed E-state index contributed by atoms with van der Waals surface area (Å²) in [6.45, 7) is 0. The Morgan fingerprint density at radius 2 is 1.96 bits per heavy atom. The van der Waals surface area contributed by atoms with Gasteiger partial charge in [0.1, 0.15) is 11.4 Å². The van der Waals surface area contributed by atoms with Gasteiger partial charge in [-0.15, -0.1) is 0 Å². The Morgan fingerprint density at radius 1 is 1.13 bits per heavy atom. The highest BCUT2D eigenvalue weighted by atomic mass is 16.6. The van der Waals surface area contributed by atoms with Gasteiger partial charge in [0.05, 0.1) is 23.2 Å². The number of methoxy groups -OCH3 is 1. The van der Waals surface area contributed by atoms with E-state index in [1.54, 1.807) is 20.2 Å². The number of nitro groups is 1. The number of fused-ring (bicyclic) bond motifs is 1. The number of anilines is 1. The van der Waals surface area contributed by atoms with Crippen molar-refractivity contribution in [2.45, 2.75) is 0 Å². The van der Waals surface area contributed by atoms with Gasteiger partial charge >= 0.3 is 0 Å². The molecule has 0 aliphatic heterocycles. The first-order chi connectivity index (χ1) is 11.1. The van der Waals surface area contributed by atoms with Crippen LogP contribution < -0.4 is 10.1 Å². The lowest BCUT2D eigenvalue weighted by Gasteiger charge is -2.07. The zero-order valence-electron chi connectivity index (χ0n) is 12.7. The lowest BCUT2D eigenvalue weighted by molar-refractivity contribution is -0.383. The van der Waals surface area contributed by atoms with Gasteiger partial charge < -0.3 is 10.1 Å². The first-order valence-electron chi connectivity index (χ1n) is 7.04. The van der Waals surface area contributed by atoms with Crippen LogP contribution >= 0.6 is 0 Å². The Hall–Kier alpha value is -3.15. The number of nitrogens with zero attached hydrogens (tertiary/aromatic N) is 2. The van der Waals surface area contributed by atoms with E-state index >= 15 is 0 Å². The number of nitrogens with one attached hydrogen (secondary N) is 1. The normalized spacial score (nSPS) is 10.5. The van der Waals surface area contributed by atoms with Crippen molar-refractivity contribution in [3.05, 3.63) is 58.6 Å². The highest BCUT2D eigenvalue weighted by Gasteiger charge is 2.14. The van der Waals surface area contributed by atoms with Gasteiger partial charge in [-0.1, -0.05) is 12.1 Å². The van der Waals surface area contributed by atoms with Crippen molar-refractivity contribution in [3.63, 3.8) is 0 Å². The van der Waals surface area contributed by atoms with E-state index in [9.17, 15) is 10.1 Å². The SMILES string of the molecule is CNc1ccc(-c2ccc3cc(OC)ccc3n2)cc1[N+](=O)[O-]. The molecule has 0 unspecified atom stereocenters. The summed E-state index contributed by atoms with van der Waals surface area (Å²) < 4.78 is 5.20. The number of hydrogen-bond acceptors (Lipinski definition) is 5. The van der Waals surface area contributed by atoms with Crippen LogP contribution in [0.2, 0.25) is 0 Å². The second-order valence-corrected chi connectivity index (χ2v) is 4.99. The van der Waals surface area contributed by atoms with Crippen molar-refractivity contribution in [1.29, 1.82) is 0 Å². The first-order valence-corrected chi connectivity index (χ1v) is 7.04. The molecule has 0 fully saturated rings. The molecule has 0 saturated carbocycles. The second kappa shape index (κ2) is 5.92. The molecular weight excluding hydrogens is 294 g/mol. The summed E-state index contributed by atoms with van der Waals surface area (Å²) in [7, 11) is 3.27. The molecule has 23 heavy (non-hydrogen) atoms. The fraction of sp³-hybridized carbons (Fsp3) is 0.118. The highest BCUT2D eigenvalue weighted by Crippen LogP contribution is 2.30. The van der Waals surface area contributed by atoms with Crippen LogP contribution in [0.4, 0.5) is 11.4 Å². The summed E-state index contributed by atoms with van der Waals surface area (Å²) in [5.41, 5.74) is 2.70. The maximum atomic E-state index is 11.2. The van der Waals surface area contributed by atoms with Crippen molar-refractivity contribution >= 4 is 22.3 Å². The zero-order valence-corrected chi connectivity index (χ0v) is 12.7. The number of hydrogen-bond donors (Lipinski definition) is 1. The summed E-state index contributed by atoms with van der Waals surface area (Å²) in [6, 6.07) is 14.4. The molecule has 6 nitrogen and oxygen atoms in total. The van der Waals surface area contributed by atoms with Gasteiger partial charge in [-0.25, -0.2) is 4.98 Å². The van der Waals surface area contributed by atoms with Crippen LogP contribution in [0.3, 0.4) is 0 Å². The van der Waals surface area contributed by atoms with E-state index in [1.807, 2.05) is 36.4 Å². The van der Waals surface area contributed by atoms with Gasteiger partial charge in [0.15, 0.2) is 0 Å². The predicted molar refractivity (Wildman–Crippen MR) is 89.9 cm³/mol. The molecule has 0 aliphatic rings. The molecule has 0 spiro atoms. The van der Waals surface area contributed by atoms with E-state index in [1.165, 1.54) is 6.07 Å². The van der Waals surface area contributed by atoms with Crippen molar-refractivity contribution < 1.29 is 9.66 Å². The average Bonchev–Trinajstić information content (AvgIpc) is 2.60. The van der Waals surface area contributed by atoms with Crippen LogP contribution in [0.25, 0.3) is 22.2 Å². The minimum absolute atomic E-state index is 0.0293. The van der Waals surface area contributed by atoms with Gasteiger partial charge in [-0.3, -0.25) is 10.1 Å². The molecule has 116 valence electrons. The molecule has 0 bridgehead atoms. The largest absolute Gasteiger partial charge is 0.497 e. The molecule has 0 saturated heterocycles. The Bertz CT molecular complexity index is 893. The lowest BCUT2D eigenvalue weighted by Crippen LogP contribution is -1.97. The maximum absolute atomic E-state index is 11.2. The molecule has 1 heterocycles. The Morgan fingerprint density at radius 3 is 2.65 bits per heavy atom. The lowest BCUT2D eigenvalue weighted by atomic mass is 10.1. The third-order valence-electron chi connectivity index (χ3n) is 3.66. The summed E-state index contributed by atoms with van der Waals surface area (Å²) in [5, 5.41) is 15.0. The van der Waals surface area contributed by atoms with Crippen molar-refractivity contribution in [2.24, 2.45) is 0 Å².